The summed E-state index contributed by atoms with van der Waals surface area (Å²) in [6.07, 6.45) is -0.458. The van der Waals surface area contributed by atoms with Crippen molar-refractivity contribution in [3.05, 3.63) is 29.8 Å². The first-order chi connectivity index (χ1) is 18.6. The SMILES string of the molecule is CCCCN1C(=O)C(CC(=O)N2CCC(N3Cc4ccccc4NC3=O)CC2)SC12CCC(C(F)(F)F)CC2. The van der Waals surface area contributed by atoms with Crippen molar-refractivity contribution in [1.82, 2.24) is 14.7 Å². The minimum atomic E-state index is -4.21. The number of amides is 4. The van der Waals surface area contributed by atoms with Gasteiger partial charge in [-0.25, -0.2) is 4.79 Å². The van der Waals surface area contributed by atoms with Crippen LogP contribution in [-0.2, 0) is 16.1 Å². The second-order valence-corrected chi connectivity index (χ2v) is 12.8. The van der Waals surface area contributed by atoms with Crippen molar-refractivity contribution < 1.29 is 27.6 Å². The maximum atomic E-state index is 13.4. The minimum absolute atomic E-state index is 0.0230. The lowest BCUT2D eigenvalue weighted by Gasteiger charge is -2.43. The molecule has 1 aromatic rings. The Morgan fingerprint density at radius 2 is 1.79 bits per heavy atom. The third kappa shape index (κ3) is 5.74. The number of thioether (sulfide) groups is 1. The van der Waals surface area contributed by atoms with Crippen molar-refractivity contribution in [2.75, 3.05) is 25.0 Å². The zero-order valence-corrected chi connectivity index (χ0v) is 23.2. The lowest BCUT2D eigenvalue weighted by atomic mass is 9.84. The Balaban J connectivity index is 1.18. The van der Waals surface area contributed by atoms with Gasteiger partial charge in [0, 0.05) is 44.3 Å². The van der Waals surface area contributed by atoms with Gasteiger partial charge in [0.25, 0.3) is 0 Å². The first-order valence-electron chi connectivity index (χ1n) is 14.1. The molecular weight excluding hydrogens is 529 g/mol. The molecule has 3 heterocycles. The van der Waals surface area contributed by atoms with Crippen LogP contribution in [0.25, 0.3) is 0 Å². The van der Waals surface area contributed by atoms with E-state index >= 15 is 0 Å². The molecule has 11 heteroatoms. The Bertz CT molecular complexity index is 1080. The molecule has 39 heavy (non-hydrogen) atoms. The smallest absolute Gasteiger partial charge is 0.342 e. The maximum Gasteiger partial charge on any atom is 0.391 e. The highest BCUT2D eigenvalue weighted by Crippen LogP contribution is 2.54. The Morgan fingerprint density at radius 1 is 1.10 bits per heavy atom. The van der Waals surface area contributed by atoms with Crippen LogP contribution in [0.1, 0.15) is 70.3 Å². The number of nitrogens with zero attached hydrogens (tertiary/aromatic N) is 3. The van der Waals surface area contributed by atoms with Gasteiger partial charge in [0.2, 0.25) is 11.8 Å². The van der Waals surface area contributed by atoms with Gasteiger partial charge in [-0.3, -0.25) is 9.59 Å². The second-order valence-electron chi connectivity index (χ2n) is 11.2. The van der Waals surface area contributed by atoms with Crippen molar-refractivity contribution in [3.63, 3.8) is 0 Å². The quantitative estimate of drug-likeness (QED) is 0.486. The summed E-state index contributed by atoms with van der Waals surface area (Å²) >= 11 is 1.42. The van der Waals surface area contributed by atoms with E-state index in [1.54, 1.807) is 9.80 Å². The van der Waals surface area contributed by atoms with Crippen molar-refractivity contribution in [1.29, 1.82) is 0 Å². The van der Waals surface area contributed by atoms with Gasteiger partial charge in [-0.15, -0.1) is 11.8 Å². The fraction of sp³-hybridized carbons (Fsp3) is 0.679. The molecule has 214 valence electrons. The zero-order chi connectivity index (χ0) is 27.8. The summed E-state index contributed by atoms with van der Waals surface area (Å²) < 4.78 is 40.0. The van der Waals surface area contributed by atoms with Crippen LogP contribution in [0, 0.1) is 5.92 Å². The van der Waals surface area contributed by atoms with Crippen LogP contribution in [0.15, 0.2) is 24.3 Å². The molecule has 7 nitrogen and oxygen atoms in total. The fourth-order valence-corrected chi connectivity index (χ4v) is 8.29. The Hall–Kier alpha value is -2.43. The number of nitrogens with one attached hydrogen (secondary N) is 1. The highest BCUT2D eigenvalue weighted by Gasteiger charge is 2.55. The van der Waals surface area contributed by atoms with Crippen molar-refractivity contribution in [3.8, 4) is 0 Å². The van der Waals surface area contributed by atoms with Gasteiger partial charge < -0.3 is 20.0 Å². The zero-order valence-electron chi connectivity index (χ0n) is 22.3. The predicted octanol–water partition coefficient (Wildman–Crippen LogP) is 5.61. The van der Waals surface area contributed by atoms with Crippen LogP contribution in [0.2, 0.25) is 0 Å². The minimum Gasteiger partial charge on any atom is -0.342 e. The summed E-state index contributed by atoms with van der Waals surface area (Å²) in [5, 5.41) is 2.39. The molecular formula is C28H37F3N4O3S. The number of fused-ring (bicyclic) bond motifs is 1. The number of halogens is 3. The number of para-hydroxylation sites is 1. The number of rotatable bonds is 6. The third-order valence-corrected chi connectivity index (χ3v) is 10.6. The number of urea groups is 1. The van der Waals surface area contributed by atoms with Crippen molar-refractivity contribution in [2.45, 2.75) is 93.6 Å². The summed E-state index contributed by atoms with van der Waals surface area (Å²) in [4.78, 5) is 44.2. The normalized spacial score (nSPS) is 28.2. The van der Waals surface area contributed by atoms with E-state index < -0.39 is 22.2 Å². The van der Waals surface area contributed by atoms with E-state index in [1.165, 1.54) is 11.8 Å². The van der Waals surface area contributed by atoms with E-state index in [2.05, 4.69) is 5.32 Å². The van der Waals surface area contributed by atoms with Gasteiger partial charge in [0.15, 0.2) is 0 Å². The van der Waals surface area contributed by atoms with Gasteiger partial charge >= 0.3 is 12.2 Å². The monoisotopic (exact) mass is 566 g/mol. The lowest BCUT2D eigenvalue weighted by Crippen LogP contribution is -2.51. The summed E-state index contributed by atoms with van der Waals surface area (Å²) in [6.45, 7) is 4.11. The summed E-state index contributed by atoms with van der Waals surface area (Å²) in [5.41, 5.74) is 1.90. The highest BCUT2D eigenvalue weighted by molar-refractivity contribution is 8.02. The first kappa shape index (κ1) is 28.1. The van der Waals surface area contributed by atoms with Crippen LogP contribution in [-0.4, -0.2) is 74.5 Å². The van der Waals surface area contributed by atoms with E-state index in [-0.39, 0.29) is 43.1 Å². The molecule has 1 unspecified atom stereocenters. The number of carbonyl (C=O) groups is 3. The molecule has 0 bridgehead atoms. The Labute approximate surface area is 231 Å². The average Bonchev–Trinajstić information content (AvgIpc) is 3.16. The molecule has 3 aliphatic heterocycles. The van der Waals surface area contributed by atoms with Gasteiger partial charge in [-0.2, -0.15) is 13.2 Å². The molecule has 1 aromatic carbocycles. The number of piperidine rings is 1. The Kier molecular flexibility index (Phi) is 8.08. The van der Waals surface area contributed by atoms with E-state index in [0.29, 0.717) is 51.9 Å². The molecule has 4 amide bonds. The topological polar surface area (TPSA) is 73.0 Å². The van der Waals surface area contributed by atoms with Crippen molar-refractivity contribution >= 4 is 35.3 Å². The van der Waals surface area contributed by atoms with Gasteiger partial charge in [-0.1, -0.05) is 31.5 Å². The predicted molar refractivity (Wildman–Crippen MR) is 144 cm³/mol. The van der Waals surface area contributed by atoms with E-state index in [4.69, 9.17) is 0 Å². The Morgan fingerprint density at radius 3 is 2.46 bits per heavy atom. The number of likely N-dealkylation sites (tertiary alicyclic amines) is 1. The number of hydrogen-bond acceptors (Lipinski definition) is 4. The number of alkyl halides is 3. The van der Waals surface area contributed by atoms with Gasteiger partial charge in [0.1, 0.15) is 0 Å². The number of carbonyl (C=O) groups excluding carboxylic acids is 3. The van der Waals surface area contributed by atoms with E-state index in [1.807, 2.05) is 36.1 Å². The molecule has 1 spiro atoms. The average molecular weight is 567 g/mol. The van der Waals surface area contributed by atoms with E-state index in [0.717, 1.165) is 24.1 Å². The molecule has 1 aliphatic carbocycles. The number of benzene rings is 1. The van der Waals surface area contributed by atoms with Crippen molar-refractivity contribution in [2.24, 2.45) is 5.92 Å². The molecule has 0 aromatic heterocycles. The van der Waals surface area contributed by atoms with Crippen LogP contribution >= 0.6 is 11.8 Å². The molecule has 1 atom stereocenters. The summed E-state index contributed by atoms with van der Waals surface area (Å²) in [6, 6.07) is 7.65. The molecule has 3 fully saturated rings. The number of unbranched alkanes of at least 4 members (excludes halogenated alkanes) is 1. The second kappa shape index (κ2) is 11.2. The maximum absolute atomic E-state index is 13.4. The summed E-state index contributed by atoms with van der Waals surface area (Å²) in [5.74, 6) is -1.51. The molecule has 2 saturated heterocycles. The van der Waals surface area contributed by atoms with Gasteiger partial charge in [-0.05, 0) is 56.6 Å². The molecule has 5 rings (SSSR count). The fourth-order valence-electron chi connectivity index (χ4n) is 6.53. The molecule has 4 aliphatic rings. The number of anilines is 1. The van der Waals surface area contributed by atoms with Crippen LogP contribution < -0.4 is 5.32 Å². The van der Waals surface area contributed by atoms with Crippen LogP contribution in [0.3, 0.4) is 0 Å². The molecule has 0 radical (unpaired) electrons. The standard InChI is InChI=1S/C28H37F3N4O3S/c1-2-3-14-35-25(37)23(39-27(35)12-8-20(9-13-27)28(29,30)31)17-24(36)33-15-10-21(11-16-33)34-18-19-6-4-5-7-22(19)32-26(34)38/h4-7,20-21,23H,2-3,8-18H2,1H3,(H,32,38). The van der Waals surface area contributed by atoms with Gasteiger partial charge in [0.05, 0.1) is 16.0 Å². The lowest BCUT2D eigenvalue weighted by molar-refractivity contribution is -0.185. The number of hydrogen-bond donors (Lipinski definition) is 1. The van der Waals surface area contributed by atoms with E-state index in [9.17, 15) is 27.6 Å². The van der Waals surface area contributed by atoms with Crippen LogP contribution in [0.5, 0.6) is 0 Å². The molecule has 1 saturated carbocycles. The first-order valence-corrected chi connectivity index (χ1v) is 15.0. The third-order valence-electron chi connectivity index (χ3n) is 8.84. The molecule has 1 N–H and O–H groups in total. The summed E-state index contributed by atoms with van der Waals surface area (Å²) in [7, 11) is 0. The highest BCUT2D eigenvalue weighted by atomic mass is 32.2. The largest absolute Gasteiger partial charge is 0.391 e. The van der Waals surface area contributed by atoms with Crippen LogP contribution in [0.4, 0.5) is 23.7 Å².